The van der Waals surface area contributed by atoms with Gasteiger partial charge in [0.15, 0.2) is 3.95 Å². The number of fused-ring (bicyclic) bond motifs is 1. The molecule has 0 atom stereocenters. The second-order valence-corrected chi connectivity index (χ2v) is 3.73. The molecule has 0 aliphatic carbocycles. The molecule has 1 heterocycles. The molecule has 2 aromatic rings. The molecule has 0 aliphatic heterocycles. The van der Waals surface area contributed by atoms with Crippen LogP contribution in [-0.2, 0) is 22.4 Å². The van der Waals surface area contributed by atoms with Gasteiger partial charge in [-0.15, -0.1) is 11.3 Å². The van der Waals surface area contributed by atoms with Crippen LogP contribution in [-0.4, -0.2) is 4.98 Å². The van der Waals surface area contributed by atoms with Gasteiger partial charge in [0, 0.05) is 22.4 Å². The van der Waals surface area contributed by atoms with E-state index < -0.39 is 0 Å². The van der Waals surface area contributed by atoms with Gasteiger partial charge < -0.3 is 4.98 Å². The Hall–Kier alpha value is 0.0703. The van der Waals surface area contributed by atoms with Gasteiger partial charge in [0.25, 0.3) is 0 Å². The minimum Gasteiger partial charge on any atom is -0.337 e. The Morgan fingerprint density at radius 3 is 2.73 bits per heavy atom. The van der Waals surface area contributed by atoms with Crippen molar-refractivity contribution < 1.29 is 22.4 Å². The average Bonchev–Trinajstić information content (AvgIpc) is 2.27. The first-order valence-electron chi connectivity index (χ1n) is 2.94. The van der Waals surface area contributed by atoms with Crippen LogP contribution in [0.15, 0.2) is 24.3 Å². The summed E-state index contributed by atoms with van der Waals surface area (Å²) in [6.07, 6.45) is 0. The summed E-state index contributed by atoms with van der Waals surface area (Å²) in [7, 11) is 0. The Labute approximate surface area is 89.0 Å². The molecule has 1 radical (unpaired) electrons. The number of H-pyrrole nitrogens is 1. The summed E-state index contributed by atoms with van der Waals surface area (Å²) < 4.78 is 2.08. The van der Waals surface area contributed by atoms with E-state index in [1.165, 1.54) is 4.70 Å². The first-order chi connectivity index (χ1) is 4.86. The minimum atomic E-state index is 0. The predicted octanol–water partition coefficient (Wildman–Crippen LogP) is 2.96. The molecular formula is C7H5AgNS2. The first-order valence-corrected chi connectivity index (χ1v) is 4.16. The molecule has 0 bridgehead atoms. The predicted molar refractivity (Wildman–Crippen MR) is 47.0 cm³/mol. The van der Waals surface area contributed by atoms with E-state index in [4.69, 9.17) is 12.2 Å². The fourth-order valence-electron chi connectivity index (χ4n) is 0.894. The second-order valence-electron chi connectivity index (χ2n) is 2.01. The molecule has 1 aromatic heterocycles. The second kappa shape index (κ2) is 3.65. The molecule has 0 saturated heterocycles. The van der Waals surface area contributed by atoms with Gasteiger partial charge in [-0.25, -0.2) is 0 Å². The molecule has 0 aliphatic rings. The van der Waals surface area contributed by atoms with Crippen molar-refractivity contribution in [3.63, 3.8) is 0 Å². The third-order valence-electron chi connectivity index (χ3n) is 1.33. The van der Waals surface area contributed by atoms with Crippen molar-refractivity contribution in [2.24, 2.45) is 0 Å². The van der Waals surface area contributed by atoms with E-state index in [9.17, 15) is 0 Å². The molecule has 61 valence electrons. The third-order valence-corrected chi connectivity index (χ3v) is 2.54. The van der Waals surface area contributed by atoms with Gasteiger partial charge in [-0.05, 0) is 24.4 Å². The molecular weight excluding hydrogens is 270 g/mol. The molecule has 11 heavy (non-hydrogen) atoms. The third kappa shape index (κ3) is 1.80. The SMILES string of the molecule is S=c1[nH]c2ccccc2s1.[Ag]. The maximum Gasteiger partial charge on any atom is 0.159 e. The molecule has 0 spiro atoms. The molecule has 4 heteroatoms. The fraction of sp³-hybridized carbons (Fsp3) is 0. The van der Waals surface area contributed by atoms with Crippen LogP contribution in [0.25, 0.3) is 10.2 Å². The Morgan fingerprint density at radius 1 is 1.27 bits per heavy atom. The van der Waals surface area contributed by atoms with E-state index in [-0.39, 0.29) is 22.4 Å². The maximum atomic E-state index is 4.98. The Bertz CT molecular complexity index is 368. The summed E-state index contributed by atoms with van der Waals surface area (Å²) in [5, 5.41) is 0. The van der Waals surface area contributed by atoms with Crippen LogP contribution in [0.3, 0.4) is 0 Å². The number of nitrogens with one attached hydrogen (secondary N) is 1. The number of benzene rings is 1. The first kappa shape index (κ1) is 9.16. The van der Waals surface area contributed by atoms with Crippen molar-refractivity contribution >= 4 is 33.8 Å². The van der Waals surface area contributed by atoms with Crippen molar-refractivity contribution in [1.82, 2.24) is 4.98 Å². The van der Waals surface area contributed by atoms with Crippen LogP contribution in [0.1, 0.15) is 0 Å². The van der Waals surface area contributed by atoms with E-state index in [0.717, 1.165) is 9.47 Å². The number of thiazole rings is 1. The largest absolute Gasteiger partial charge is 0.337 e. The van der Waals surface area contributed by atoms with Crippen molar-refractivity contribution in [3.05, 3.63) is 28.2 Å². The maximum absolute atomic E-state index is 4.98. The number of aromatic nitrogens is 1. The van der Waals surface area contributed by atoms with Gasteiger partial charge in [0.1, 0.15) is 0 Å². The van der Waals surface area contributed by atoms with Crippen LogP contribution < -0.4 is 0 Å². The molecule has 0 fully saturated rings. The summed E-state index contributed by atoms with van der Waals surface area (Å²) in [6.45, 7) is 0. The monoisotopic (exact) mass is 274 g/mol. The van der Waals surface area contributed by atoms with Crippen molar-refractivity contribution in [2.45, 2.75) is 0 Å². The van der Waals surface area contributed by atoms with E-state index >= 15 is 0 Å². The summed E-state index contributed by atoms with van der Waals surface area (Å²) in [5.74, 6) is 0. The average molecular weight is 275 g/mol. The molecule has 1 aromatic carbocycles. The molecule has 2 rings (SSSR count). The zero-order valence-electron chi connectivity index (χ0n) is 5.43. The van der Waals surface area contributed by atoms with Crippen LogP contribution in [0.4, 0.5) is 0 Å². The zero-order valence-corrected chi connectivity index (χ0v) is 8.54. The Morgan fingerprint density at radius 2 is 2.00 bits per heavy atom. The quantitative estimate of drug-likeness (QED) is 0.577. The number of hydrogen-bond donors (Lipinski definition) is 1. The van der Waals surface area contributed by atoms with Crippen LogP contribution in [0.2, 0.25) is 0 Å². The minimum absolute atomic E-state index is 0. The van der Waals surface area contributed by atoms with E-state index in [1.807, 2.05) is 18.2 Å². The van der Waals surface area contributed by atoms with Crippen LogP contribution in [0.5, 0.6) is 0 Å². The van der Waals surface area contributed by atoms with Crippen molar-refractivity contribution in [1.29, 1.82) is 0 Å². The van der Waals surface area contributed by atoms with Gasteiger partial charge in [-0.1, -0.05) is 12.1 Å². The van der Waals surface area contributed by atoms with E-state index in [0.29, 0.717) is 0 Å². The summed E-state index contributed by atoms with van der Waals surface area (Å²) in [4.78, 5) is 3.09. The summed E-state index contributed by atoms with van der Waals surface area (Å²) >= 11 is 6.59. The number of rotatable bonds is 0. The molecule has 0 amide bonds. The van der Waals surface area contributed by atoms with Crippen LogP contribution >= 0.6 is 23.6 Å². The molecule has 0 unspecified atom stereocenters. The summed E-state index contributed by atoms with van der Waals surface area (Å²) in [5.41, 5.74) is 1.14. The number of para-hydroxylation sites is 1. The molecule has 1 N–H and O–H groups in total. The molecule has 1 nitrogen and oxygen atoms in total. The standard InChI is InChI=1S/C7H5NS2.Ag/c9-7-8-5-3-1-2-4-6(5)10-7;/h1-4H,(H,8,9);. The Kier molecular flexibility index (Phi) is 3.04. The number of aromatic amines is 1. The van der Waals surface area contributed by atoms with Crippen molar-refractivity contribution in [2.75, 3.05) is 0 Å². The van der Waals surface area contributed by atoms with E-state index in [1.54, 1.807) is 11.3 Å². The summed E-state index contributed by atoms with van der Waals surface area (Å²) in [6, 6.07) is 8.11. The molecule has 0 saturated carbocycles. The van der Waals surface area contributed by atoms with Gasteiger partial charge in [-0.2, -0.15) is 0 Å². The Balaban J connectivity index is 0.000000605. The smallest absolute Gasteiger partial charge is 0.159 e. The van der Waals surface area contributed by atoms with E-state index in [2.05, 4.69) is 11.1 Å². The number of hydrogen-bond acceptors (Lipinski definition) is 2. The van der Waals surface area contributed by atoms with Crippen LogP contribution in [0, 0.1) is 3.95 Å². The zero-order chi connectivity index (χ0) is 6.97. The fourth-order valence-corrected chi connectivity index (χ4v) is 2.01. The topological polar surface area (TPSA) is 15.8 Å². The van der Waals surface area contributed by atoms with Gasteiger partial charge in [0.2, 0.25) is 0 Å². The van der Waals surface area contributed by atoms with Gasteiger partial charge in [-0.3, -0.25) is 0 Å². The van der Waals surface area contributed by atoms with Gasteiger partial charge in [0.05, 0.1) is 10.2 Å². The van der Waals surface area contributed by atoms with Crippen molar-refractivity contribution in [3.8, 4) is 0 Å². The van der Waals surface area contributed by atoms with Gasteiger partial charge >= 0.3 is 0 Å². The normalized spacial score (nSPS) is 9.45.